The lowest BCUT2D eigenvalue weighted by Crippen LogP contribution is -2.43. The molecule has 0 aliphatic heterocycles. The number of para-hydroxylation sites is 2. The second-order valence-corrected chi connectivity index (χ2v) is 7.71. The molecule has 10 heteroatoms. The number of amides is 3. The highest BCUT2D eigenvalue weighted by molar-refractivity contribution is 5.95. The van der Waals surface area contributed by atoms with Crippen molar-refractivity contribution in [3.05, 3.63) is 84.4 Å². The maximum Gasteiger partial charge on any atom is 0.306 e. The van der Waals surface area contributed by atoms with E-state index < -0.39 is 24.4 Å². The molecule has 0 saturated heterocycles. The van der Waals surface area contributed by atoms with Crippen molar-refractivity contribution in [2.24, 2.45) is 0 Å². The highest BCUT2D eigenvalue weighted by atomic mass is 16.5. The lowest BCUT2D eigenvalue weighted by atomic mass is 10.2. The van der Waals surface area contributed by atoms with Crippen LogP contribution in [0.1, 0.15) is 29.6 Å². The molecule has 0 heterocycles. The van der Waals surface area contributed by atoms with Crippen molar-refractivity contribution in [3.63, 3.8) is 0 Å². The molecule has 0 unspecified atom stereocenters. The van der Waals surface area contributed by atoms with Crippen molar-refractivity contribution in [3.8, 4) is 17.2 Å². The number of hydrazine groups is 1. The van der Waals surface area contributed by atoms with Crippen molar-refractivity contribution in [1.29, 1.82) is 0 Å². The molecule has 0 spiro atoms. The molecule has 0 aliphatic carbocycles. The van der Waals surface area contributed by atoms with Gasteiger partial charge in [0.25, 0.3) is 11.8 Å². The van der Waals surface area contributed by atoms with Gasteiger partial charge in [-0.2, -0.15) is 0 Å². The van der Waals surface area contributed by atoms with Crippen LogP contribution in [0, 0.1) is 0 Å². The Bertz CT molecular complexity index is 1210. The van der Waals surface area contributed by atoms with Crippen LogP contribution in [0.25, 0.3) is 0 Å². The molecule has 37 heavy (non-hydrogen) atoms. The first kappa shape index (κ1) is 26.7. The molecule has 0 saturated carbocycles. The Kier molecular flexibility index (Phi) is 10.0. The number of hydrogen-bond donors (Lipinski definition) is 3. The van der Waals surface area contributed by atoms with Gasteiger partial charge in [0.1, 0.15) is 5.75 Å². The molecule has 0 aliphatic rings. The molecule has 10 nitrogen and oxygen atoms in total. The third kappa shape index (κ3) is 9.02. The average molecular weight is 506 g/mol. The second-order valence-electron chi connectivity index (χ2n) is 7.71. The lowest BCUT2D eigenvalue weighted by molar-refractivity contribution is -0.148. The zero-order valence-electron chi connectivity index (χ0n) is 20.2. The van der Waals surface area contributed by atoms with Gasteiger partial charge < -0.3 is 19.5 Å². The third-order valence-electron chi connectivity index (χ3n) is 4.94. The van der Waals surface area contributed by atoms with Crippen LogP contribution in [0.3, 0.4) is 0 Å². The fourth-order valence-electron chi connectivity index (χ4n) is 3.10. The second kappa shape index (κ2) is 13.9. The van der Waals surface area contributed by atoms with Crippen molar-refractivity contribution in [2.75, 3.05) is 19.0 Å². The van der Waals surface area contributed by atoms with E-state index in [0.717, 1.165) is 0 Å². The minimum atomic E-state index is -0.687. The first-order chi connectivity index (χ1) is 17.9. The predicted molar refractivity (Wildman–Crippen MR) is 135 cm³/mol. The van der Waals surface area contributed by atoms with Gasteiger partial charge in [-0.05, 0) is 55.0 Å². The van der Waals surface area contributed by atoms with Gasteiger partial charge in [-0.25, -0.2) is 0 Å². The minimum Gasteiger partial charge on any atom is -0.493 e. The molecular weight excluding hydrogens is 478 g/mol. The number of anilines is 1. The van der Waals surface area contributed by atoms with Crippen LogP contribution in [0.5, 0.6) is 17.2 Å². The Hall–Kier alpha value is -4.86. The normalized spacial score (nSPS) is 10.1. The van der Waals surface area contributed by atoms with E-state index in [1.165, 1.54) is 0 Å². The van der Waals surface area contributed by atoms with Crippen molar-refractivity contribution in [1.82, 2.24) is 10.9 Å². The standard InChI is InChI=1S/C27H27N3O7/c1-35-22-10-5-6-11-23(22)37-21-16-14-20(15-17-21)28-24(31)12-7-13-26(33)36-18-25(32)29-30-27(34)19-8-3-2-4-9-19/h2-6,8-11,14-17H,7,12-13,18H2,1H3,(H,28,31)(H,29,32)(H,30,34). The molecule has 3 rings (SSSR count). The number of esters is 1. The third-order valence-corrected chi connectivity index (χ3v) is 4.94. The van der Waals surface area contributed by atoms with Gasteiger partial charge in [0, 0.05) is 24.1 Å². The molecule has 3 N–H and O–H groups in total. The molecule has 3 aromatic carbocycles. The molecule has 0 atom stereocenters. The molecule has 0 radical (unpaired) electrons. The number of ether oxygens (including phenoxy) is 3. The van der Waals surface area contributed by atoms with E-state index in [-0.39, 0.29) is 25.2 Å². The van der Waals surface area contributed by atoms with Gasteiger partial charge in [0.15, 0.2) is 18.1 Å². The summed E-state index contributed by atoms with van der Waals surface area (Å²) in [5.74, 6) is -0.327. The largest absolute Gasteiger partial charge is 0.493 e. The van der Waals surface area contributed by atoms with E-state index in [1.807, 2.05) is 12.1 Å². The summed E-state index contributed by atoms with van der Waals surface area (Å²) in [4.78, 5) is 47.6. The highest BCUT2D eigenvalue weighted by Crippen LogP contribution is 2.31. The van der Waals surface area contributed by atoms with Crippen molar-refractivity contribution < 1.29 is 33.4 Å². The number of rotatable bonds is 11. The van der Waals surface area contributed by atoms with Gasteiger partial charge in [-0.3, -0.25) is 30.0 Å². The summed E-state index contributed by atoms with van der Waals surface area (Å²) in [6.45, 7) is -0.552. The van der Waals surface area contributed by atoms with E-state index in [2.05, 4.69) is 16.2 Å². The lowest BCUT2D eigenvalue weighted by Gasteiger charge is -2.11. The van der Waals surface area contributed by atoms with E-state index in [9.17, 15) is 19.2 Å². The molecule has 192 valence electrons. The Morgan fingerprint density at radius 2 is 1.41 bits per heavy atom. The fourth-order valence-corrected chi connectivity index (χ4v) is 3.10. The van der Waals surface area contributed by atoms with Gasteiger partial charge >= 0.3 is 5.97 Å². The van der Waals surface area contributed by atoms with Crippen LogP contribution in [0.2, 0.25) is 0 Å². The Balaban J connectivity index is 1.31. The fraction of sp³-hybridized carbons (Fsp3) is 0.185. The number of hydrogen-bond acceptors (Lipinski definition) is 7. The van der Waals surface area contributed by atoms with E-state index >= 15 is 0 Å². The molecule has 0 aromatic heterocycles. The quantitative estimate of drug-likeness (QED) is 0.268. The molecule has 3 amide bonds. The van der Waals surface area contributed by atoms with Gasteiger partial charge in [-0.1, -0.05) is 30.3 Å². The first-order valence-electron chi connectivity index (χ1n) is 11.4. The SMILES string of the molecule is COc1ccccc1Oc1ccc(NC(=O)CCCC(=O)OCC(=O)NNC(=O)c2ccccc2)cc1. The Labute approximate surface area is 213 Å². The number of carbonyl (C=O) groups is 4. The zero-order valence-corrected chi connectivity index (χ0v) is 20.2. The van der Waals surface area contributed by atoms with Crippen LogP contribution in [0.4, 0.5) is 5.69 Å². The summed E-state index contributed by atoms with van der Waals surface area (Å²) < 4.78 is 15.9. The van der Waals surface area contributed by atoms with E-state index in [1.54, 1.807) is 73.8 Å². The van der Waals surface area contributed by atoms with Gasteiger partial charge in [-0.15, -0.1) is 0 Å². The average Bonchev–Trinajstić information content (AvgIpc) is 2.92. The van der Waals surface area contributed by atoms with E-state index in [4.69, 9.17) is 14.2 Å². The summed E-state index contributed by atoms with van der Waals surface area (Å²) in [6.07, 6.45) is 0.294. The zero-order chi connectivity index (χ0) is 26.5. The topological polar surface area (TPSA) is 132 Å². The number of benzene rings is 3. The summed E-state index contributed by atoms with van der Waals surface area (Å²) in [5.41, 5.74) is 5.34. The van der Waals surface area contributed by atoms with Crippen molar-refractivity contribution in [2.45, 2.75) is 19.3 Å². The summed E-state index contributed by atoms with van der Waals surface area (Å²) >= 11 is 0. The number of nitrogens with one attached hydrogen (secondary N) is 3. The monoisotopic (exact) mass is 505 g/mol. The first-order valence-corrected chi connectivity index (χ1v) is 11.4. The molecule has 0 fully saturated rings. The Morgan fingerprint density at radius 3 is 2.11 bits per heavy atom. The summed E-state index contributed by atoms with van der Waals surface area (Å²) in [7, 11) is 1.56. The maximum absolute atomic E-state index is 12.2. The smallest absolute Gasteiger partial charge is 0.306 e. The van der Waals surface area contributed by atoms with Gasteiger partial charge in [0.05, 0.1) is 7.11 Å². The molecule has 0 bridgehead atoms. The van der Waals surface area contributed by atoms with Crippen molar-refractivity contribution >= 4 is 29.4 Å². The van der Waals surface area contributed by atoms with Crippen LogP contribution in [-0.4, -0.2) is 37.4 Å². The maximum atomic E-state index is 12.2. The van der Waals surface area contributed by atoms with Crippen LogP contribution < -0.4 is 25.6 Å². The minimum absolute atomic E-state index is 0.0389. The van der Waals surface area contributed by atoms with Crippen LogP contribution in [0.15, 0.2) is 78.9 Å². The van der Waals surface area contributed by atoms with Crippen LogP contribution in [-0.2, 0) is 19.1 Å². The number of methoxy groups -OCH3 is 1. The number of carbonyl (C=O) groups excluding carboxylic acids is 4. The Morgan fingerprint density at radius 1 is 0.730 bits per heavy atom. The highest BCUT2D eigenvalue weighted by Gasteiger charge is 2.11. The van der Waals surface area contributed by atoms with E-state index in [0.29, 0.717) is 28.5 Å². The van der Waals surface area contributed by atoms with Gasteiger partial charge in [0.2, 0.25) is 5.91 Å². The molecule has 3 aromatic rings. The van der Waals surface area contributed by atoms with Crippen LogP contribution >= 0.6 is 0 Å². The predicted octanol–water partition coefficient (Wildman–Crippen LogP) is 3.60. The molecular formula is C27H27N3O7. The summed E-state index contributed by atoms with van der Waals surface area (Å²) in [5, 5.41) is 2.74. The summed E-state index contributed by atoms with van der Waals surface area (Å²) in [6, 6.07) is 22.4.